The van der Waals surface area contributed by atoms with Gasteiger partial charge in [-0.1, -0.05) is 5.18 Å². The molecule has 0 saturated carbocycles. The summed E-state index contributed by atoms with van der Waals surface area (Å²) in [6.07, 6.45) is 0.578. The number of nitroso groups, excluding NO2 is 1. The van der Waals surface area contributed by atoms with Crippen LogP contribution >= 0.6 is 23.2 Å². The van der Waals surface area contributed by atoms with Crippen LogP contribution in [-0.4, -0.2) is 17.8 Å². The van der Waals surface area contributed by atoms with Gasteiger partial charge in [0.25, 0.3) is 0 Å². The average molecular weight is 156 g/mol. The Morgan fingerprint density at radius 2 is 2.12 bits per heavy atom. The zero-order chi connectivity index (χ0) is 6.41. The maximum Gasteiger partial charge on any atom is 0.107 e. The summed E-state index contributed by atoms with van der Waals surface area (Å²) in [6, 6.07) is -0.297. The second kappa shape index (κ2) is 5.32. The lowest BCUT2D eigenvalue weighted by atomic mass is 10.3. The van der Waals surface area contributed by atoms with Crippen molar-refractivity contribution in [3.05, 3.63) is 4.91 Å². The van der Waals surface area contributed by atoms with Crippen molar-refractivity contribution in [2.75, 3.05) is 11.8 Å². The van der Waals surface area contributed by atoms with E-state index in [9.17, 15) is 4.91 Å². The van der Waals surface area contributed by atoms with Gasteiger partial charge in [-0.15, -0.1) is 23.2 Å². The fraction of sp³-hybridized carbons (Fsp3) is 1.00. The molecule has 0 fully saturated rings. The summed E-state index contributed by atoms with van der Waals surface area (Å²) in [6.45, 7) is 0. The van der Waals surface area contributed by atoms with Gasteiger partial charge in [-0.2, -0.15) is 4.91 Å². The minimum absolute atomic E-state index is 0.274. The number of hydrogen-bond acceptors (Lipinski definition) is 2. The van der Waals surface area contributed by atoms with E-state index in [1.165, 1.54) is 0 Å². The lowest BCUT2D eigenvalue weighted by molar-refractivity contribution is 0.722. The molecule has 0 aromatic heterocycles. The molecule has 0 amide bonds. The summed E-state index contributed by atoms with van der Waals surface area (Å²) in [7, 11) is 0. The predicted molar refractivity (Wildman–Crippen MR) is 35.6 cm³/mol. The lowest BCUT2D eigenvalue weighted by Gasteiger charge is -1.97. The maximum atomic E-state index is 9.73. The van der Waals surface area contributed by atoms with E-state index in [0.29, 0.717) is 12.3 Å². The molecule has 1 atom stereocenters. The normalized spacial score (nSPS) is 13.2. The van der Waals surface area contributed by atoms with Gasteiger partial charge in [0.05, 0.1) is 0 Å². The minimum Gasteiger partial charge on any atom is -0.150 e. The number of alkyl halides is 2. The smallest absolute Gasteiger partial charge is 0.107 e. The molecule has 0 aliphatic heterocycles. The highest BCUT2D eigenvalue weighted by atomic mass is 35.5. The van der Waals surface area contributed by atoms with Gasteiger partial charge in [0.1, 0.15) is 6.04 Å². The fourth-order valence-corrected chi connectivity index (χ4v) is 0.747. The van der Waals surface area contributed by atoms with E-state index in [4.69, 9.17) is 23.2 Å². The van der Waals surface area contributed by atoms with E-state index in [0.717, 1.165) is 0 Å². The van der Waals surface area contributed by atoms with Crippen LogP contribution in [-0.2, 0) is 0 Å². The standard InChI is InChI=1S/C4H7Cl2NO/c5-2-1-4(3-6)7-8/h4H,1-3H2. The Kier molecular flexibility index (Phi) is 5.44. The highest BCUT2D eigenvalue weighted by molar-refractivity contribution is 6.19. The molecule has 2 nitrogen and oxygen atoms in total. The first-order valence-corrected chi connectivity index (χ1v) is 3.36. The fourth-order valence-electron chi connectivity index (χ4n) is 0.284. The zero-order valence-corrected chi connectivity index (χ0v) is 5.82. The molecule has 0 N–H and O–H groups in total. The van der Waals surface area contributed by atoms with Gasteiger partial charge in [0, 0.05) is 11.8 Å². The Hall–Kier alpha value is 0.180. The summed E-state index contributed by atoms with van der Waals surface area (Å²) in [5.74, 6) is 0.722. The minimum atomic E-state index is -0.297. The van der Waals surface area contributed by atoms with Crippen LogP contribution in [0.5, 0.6) is 0 Å². The molecule has 4 heteroatoms. The summed E-state index contributed by atoms with van der Waals surface area (Å²) >= 11 is 10.6. The van der Waals surface area contributed by atoms with E-state index in [1.54, 1.807) is 0 Å². The Balaban J connectivity index is 3.21. The number of rotatable bonds is 4. The highest BCUT2D eigenvalue weighted by Crippen LogP contribution is 2.00. The molecule has 0 aliphatic rings. The van der Waals surface area contributed by atoms with Crippen LogP contribution in [0.2, 0.25) is 0 Å². The predicted octanol–water partition coefficient (Wildman–Crippen LogP) is 1.99. The molecule has 0 aromatic rings. The molecule has 0 aromatic carbocycles. The largest absolute Gasteiger partial charge is 0.150 e. The van der Waals surface area contributed by atoms with Gasteiger partial charge < -0.3 is 0 Å². The summed E-state index contributed by atoms with van der Waals surface area (Å²) in [4.78, 5) is 9.73. The Labute approximate surface area is 58.1 Å². The SMILES string of the molecule is O=NC(CCl)CCCl. The van der Waals surface area contributed by atoms with Gasteiger partial charge in [-0.25, -0.2) is 0 Å². The van der Waals surface area contributed by atoms with Crippen LogP contribution in [0.15, 0.2) is 5.18 Å². The second-order valence-corrected chi connectivity index (χ2v) is 2.08. The number of hydrogen-bond donors (Lipinski definition) is 0. The lowest BCUT2D eigenvalue weighted by Crippen LogP contribution is -2.04. The van der Waals surface area contributed by atoms with Crippen molar-refractivity contribution in [1.82, 2.24) is 0 Å². The summed E-state index contributed by atoms with van der Waals surface area (Å²) in [5, 5.41) is 2.73. The maximum absolute atomic E-state index is 9.73. The van der Waals surface area contributed by atoms with Crippen LogP contribution in [0.3, 0.4) is 0 Å². The zero-order valence-electron chi connectivity index (χ0n) is 4.31. The Bertz CT molecular complexity index is 69.1. The van der Waals surface area contributed by atoms with E-state index in [1.807, 2.05) is 0 Å². The molecule has 0 saturated heterocycles. The van der Waals surface area contributed by atoms with Gasteiger partial charge in [0.2, 0.25) is 0 Å². The van der Waals surface area contributed by atoms with E-state index >= 15 is 0 Å². The molecule has 0 rings (SSSR count). The van der Waals surface area contributed by atoms with Crippen molar-refractivity contribution in [3.63, 3.8) is 0 Å². The van der Waals surface area contributed by atoms with E-state index in [2.05, 4.69) is 5.18 Å². The van der Waals surface area contributed by atoms with Gasteiger partial charge in [-0.3, -0.25) is 0 Å². The van der Waals surface area contributed by atoms with E-state index in [-0.39, 0.29) is 11.9 Å². The quantitative estimate of drug-likeness (QED) is 0.452. The third-order valence-corrected chi connectivity index (χ3v) is 1.34. The first-order valence-electron chi connectivity index (χ1n) is 2.29. The Morgan fingerprint density at radius 1 is 1.50 bits per heavy atom. The molecular formula is C4H7Cl2NO. The Morgan fingerprint density at radius 3 is 2.25 bits per heavy atom. The second-order valence-electron chi connectivity index (χ2n) is 1.39. The molecule has 0 spiro atoms. The van der Waals surface area contributed by atoms with Gasteiger partial charge in [0.15, 0.2) is 0 Å². The molecule has 8 heavy (non-hydrogen) atoms. The third-order valence-electron chi connectivity index (χ3n) is 0.770. The highest BCUT2D eigenvalue weighted by Gasteiger charge is 2.03. The summed E-state index contributed by atoms with van der Waals surface area (Å²) in [5.41, 5.74) is 0. The first-order chi connectivity index (χ1) is 3.85. The monoisotopic (exact) mass is 155 g/mol. The molecule has 1 unspecified atom stereocenters. The van der Waals surface area contributed by atoms with Crippen molar-refractivity contribution in [2.24, 2.45) is 5.18 Å². The van der Waals surface area contributed by atoms with Crippen molar-refractivity contribution < 1.29 is 0 Å². The van der Waals surface area contributed by atoms with Crippen LogP contribution in [0, 0.1) is 4.91 Å². The van der Waals surface area contributed by atoms with Crippen molar-refractivity contribution >= 4 is 23.2 Å². The molecule has 0 aliphatic carbocycles. The van der Waals surface area contributed by atoms with Crippen LogP contribution in [0.1, 0.15) is 6.42 Å². The molecule has 0 heterocycles. The number of nitrogens with zero attached hydrogens (tertiary/aromatic N) is 1. The molecule has 0 bridgehead atoms. The van der Waals surface area contributed by atoms with E-state index < -0.39 is 0 Å². The molecule has 48 valence electrons. The van der Waals surface area contributed by atoms with Crippen molar-refractivity contribution in [1.29, 1.82) is 0 Å². The van der Waals surface area contributed by atoms with Crippen molar-refractivity contribution in [2.45, 2.75) is 12.5 Å². The van der Waals surface area contributed by atoms with Gasteiger partial charge in [-0.05, 0) is 6.42 Å². The van der Waals surface area contributed by atoms with Crippen LogP contribution < -0.4 is 0 Å². The van der Waals surface area contributed by atoms with Crippen molar-refractivity contribution in [3.8, 4) is 0 Å². The third kappa shape index (κ3) is 3.22. The molecular weight excluding hydrogens is 149 g/mol. The topological polar surface area (TPSA) is 29.4 Å². The average Bonchev–Trinajstić information content (AvgIpc) is 1.83. The summed E-state index contributed by atoms with van der Waals surface area (Å²) < 4.78 is 0. The van der Waals surface area contributed by atoms with Crippen LogP contribution in [0.25, 0.3) is 0 Å². The molecule has 0 radical (unpaired) electrons. The number of halogens is 2. The van der Waals surface area contributed by atoms with Crippen LogP contribution in [0.4, 0.5) is 0 Å². The van der Waals surface area contributed by atoms with Gasteiger partial charge >= 0.3 is 0 Å². The first kappa shape index (κ1) is 8.18.